The molecule has 5 nitrogen and oxygen atoms in total. The number of benzene rings is 1. The van der Waals surface area contributed by atoms with Crippen LogP contribution in [0.25, 0.3) is 0 Å². The fourth-order valence-electron chi connectivity index (χ4n) is 5.39. The van der Waals surface area contributed by atoms with Gasteiger partial charge in [-0.25, -0.2) is 0 Å². The highest BCUT2D eigenvalue weighted by Crippen LogP contribution is 2.50. The number of likely N-dealkylation sites (N-methyl/N-ethyl adjacent to an activating group) is 1. The monoisotopic (exact) mass is 425 g/mol. The smallest absolute Gasteiger partial charge is 0.231 e. The van der Waals surface area contributed by atoms with Crippen LogP contribution in [0.3, 0.4) is 0 Å². The van der Waals surface area contributed by atoms with Gasteiger partial charge in [-0.3, -0.25) is 9.69 Å². The fraction of sp³-hybridized carbons (Fsp3) is 0.577. The van der Waals surface area contributed by atoms with Crippen molar-refractivity contribution in [1.82, 2.24) is 4.90 Å². The Labute approximate surface area is 186 Å². The summed E-state index contributed by atoms with van der Waals surface area (Å²) in [6.07, 6.45) is 8.12. The Balaban J connectivity index is 1.63. The molecular weight excluding hydrogens is 390 g/mol. The molecule has 0 aromatic heterocycles. The quantitative estimate of drug-likeness (QED) is 0.477. The molecule has 3 aliphatic rings. The maximum atomic E-state index is 13.4. The average Bonchev–Trinajstić information content (AvgIpc) is 3.19. The number of ether oxygens (including phenoxy) is 3. The predicted octanol–water partition coefficient (Wildman–Crippen LogP) is 5.24. The van der Waals surface area contributed by atoms with Crippen molar-refractivity contribution in [2.45, 2.75) is 59.4 Å². The van der Waals surface area contributed by atoms with Gasteiger partial charge >= 0.3 is 0 Å². The number of Topliss-reactive ketones (excluding diaryl/α,β-unsaturated/α-hetero) is 1. The van der Waals surface area contributed by atoms with Crippen LogP contribution in [-0.2, 0) is 11.2 Å². The topological polar surface area (TPSA) is 48.0 Å². The summed E-state index contributed by atoms with van der Waals surface area (Å²) in [4.78, 5) is 15.6. The number of ketones is 1. The number of hydrogen-bond donors (Lipinski definition) is 0. The zero-order chi connectivity index (χ0) is 22.3. The Hall–Kier alpha value is -2.27. The second-order valence-electron chi connectivity index (χ2n) is 9.89. The number of rotatable bonds is 5. The zero-order valence-electron chi connectivity index (χ0n) is 19.7. The van der Waals surface area contributed by atoms with Crippen molar-refractivity contribution in [2.75, 3.05) is 27.5 Å². The van der Waals surface area contributed by atoms with Crippen molar-refractivity contribution in [3.05, 3.63) is 40.5 Å². The van der Waals surface area contributed by atoms with Gasteiger partial charge in [0.25, 0.3) is 0 Å². The number of carbonyl (C=O) groups excluding carboxylic acids is 1. The largest absolute Gasteiger partial charge is 0.492 e. The van der Waals surface area contributed by atoms with E-state index >= 15 is 0 Å². The Kier molecular flexibility index (Phi) is 5.91. The molecule has 0 fully saturated rings. The maximum absolute atomic E-state index is 13.4. The Morgan fingerprint density at radius 3 is 2.84 bits per heavy atom. The summed E-state index contributed by atoms with van der Waals surface area (Å²) < 4.78 is 17.1. The molecule has 2 atom stereocenters. The van der Waals surface area contributed by atoms with Crippen molar-refractivity contribution < 1.29 is 19.0 Å². The van der Waals surface area contributed by atoms with E-state index in [9.17, 15) is 4.79 Å². The summed E-state index contributed by atoms with van der Waals surface area (Å²) in [5.74, 6) is 2.61. The van der Waals surface area contributed by atoms with E-state index in [0.29, 0.717) is 23.8 Å². The summed E-state index contributed by atoms with van der Waals surface area (Å²) in [5, 5.41) is 0. The van der Waals surface area contributed by atoms with Crippen LogP contribution in [-0.4, -0.2) is 38.2 Å². The Morgan fingerprint density at radius 1 is 1.35 bits per heavy atom. The van der Waals surface area contributed by atoms with Gasteiger partial charge in [0.05, 0.1) is 7.11 Å². The predicted molar refractivity (Wildman–Crippen MR) is 122 cm³/mol. The van der Waals surface area contributed by atoms with E-state index in [1.807, 2.05) is 6.92 Å². The molecule has 0 saturated carbocycles. The lowest BCUT2D eigenvalue weighted by Crippen LogP contribution is -2.34. The molecule has 0 saturated heterocycles. The average molecular weight is 426 g/mol. The lowest BCUT2D eigenvalue weighted by atomic mass is 9.68. The van der Waals surface area contributed by atoms with Crippen LogP contribution >= 0.6 is 0 Å². The van der Waals surface area contributed by atoms with Crippen LogP contribution < -0.4 is 14.2 Å². The fourth-order valence-corrected chi connectivity index (χ4v) is 5.39. The van der Waals surface area contributed by atoms with Crippen molar-refractivity contribution in [3.63, 3.8) is 0 Å². The third kappa shape index (κ3) is 4.00. The molecular formula is C26H35NO4. The van der Waals surface area contributed by atoms with Gasteiger partial charge < -0.3 is 14.2 Å². The molecule has 168 valence electrons. The van der Waals surface area contributed by atoms with E-state index in [4.69, 9.17) is 14.2 Å². The van der Waals surface area contributed by atoms with Gasteiger partial charge in [0.1, 0.15) is 0 Å². The number of carbonyl (C=O) groups is 1. The lowest BCUT2D eigenvalue weighted by molar-refractivity contribution is -0.116. The van der Waals surface area contributed by atoms with E-state index in [-0.39, 0.29) is 24.0 Å². The number of hydrogen-bond acceptors (Lipinski definition) is 5. The minimum atomic E-state index is -0.0416. The van der Waals surface area contributed by atoms with Crippen LogP contribution in [0.4, 0.5) is 0 Å². The lowest BCUT2D eigenvalue weighted by Gasteiger charge is -2.37. The van der Waals surface area contributed by atoms with Gasteiger partial charge in [0.15, 0.2) is 17.3 Å². The summed E-state index contributed by atoms with van der Waals surface area (Å²) in [6.45, 7) is 9.88. The molecule has 1 aromatic rings. The summed E-state index contributed by atoms with van der Waals surface area (Å²) in [7, 11) is 3.75. The second-order valence-corrected chi connectivity index (χ2v) is 9.89. The van der Waals surface area contributed by atoms with Crippen molar-refractivity contribution in [1.29, 1.82) is 0 Å². The van der Waals surface area contributed by atoms with Crippen LogP contribution in [0.5, 0.6) is 17.2 Å². The molecule has 1 aromatic carbocycles. The molecule has 0 spiro atoms. The van der Waals surface area contributed by atoms with E-state index in [0.717, 1.165) is 42.7 Å². The summed E-state index contributed by atoms with van der Waals surface area (Å²) in [5.41, 5.74) is 4.66. The van der Waals surface area contributed by atoms with Gasteiger partial charge in [-0.2, -0.15) is 0 Å². The van der Waals surface area contributed by atoms with Gasteiger partial charge in [-0.1, -0.05) is 31.6 Å². The molecule has 0 radical (unpaired) electrons. The first-order chi connectivity index (χ1) is 14.7. The number of fused-ring (bicyclic) bond motifs is 2. The van der Waals surface area contributed by atoms with E-state index < -0.39 is 0 Å². The van der Waals surface area contributed by atoms with Crippen molar-refractivity contribution >= 4 is 5.78 Å². The summed E-state index contributed by atoms with van der Waals surface area (Å²) in [6, 6.07) is 2.02. The first-order valence-corrected chi connectivity index (χ1v) is 11.3. The van der Waals surface area contributed by atoms with Crippen LogP contribution in [0.15, 0.2) is 29.4 Å². The molecule has 4 rings (SSSR count). The first-order valence-electron chi connectivity index (χ1n) is 11.3. The molecule has 1 aliphatic carbocycles. The van der Waals surface area contributed by atoms with Gasteiger partial charge in [0.2, 0.25) is 12.5 Å². The molecule has 2 aliphatic heterocycles. The highest BCUT2D eigenvalue weighted by atomic mass is 16.7. The van der Waals surface area contributed by atoms with Crippen molar-refractivity contribution in [2.24, 2.45) is 11.3 Å². The SMILES string of the molecule is COc1c2c(cc3c1[C@@H](CC(=O)/C(C)=C/[C@H]1C(C)=CCCC1(C)C)N(C)CC3)OCO2. The standard InChI is InChI=1S/C26H35NO4/c1-16-8-7-10-26(3,4)19(16)12-17(2)21(28)14-20-23-18(9-11-27(20)5)13-22-24(25(23)29-6)31-15-30-22/h8,12-13,19-20H,7,9-11,14-15H2,1-6H3/b17-12+/t19-,20+/m0/s1. The molecule has 0 N–H and O–H groups in total. The highest BCUT2D eigenvalue weighted by molar-refractivity contribution is 5.95. The molecule has 31 heavy (non-hydrogen) atoms. The minimum Gasteiger partial charge on any atom is -0.492 e. The maximum Gasteiger partial charge on any atom is 0.231 e. The van der Waals surface area contributed by atoms with Gasteiger partial charge in [-0.15, -0.1) is 0 Å². The molecule has 2 heterocycles. The Morgan fingerprint density at radius 2 is 2.13 bits per heavy atom. The van der Waals surface area contributed by atoms with Crippen LogP contribution in [0, 0.1) is 11.3 Å². The molecule has 5 heteroatoms. The third-order valence-electron chi connectivity index (χ3n) is 7.37. The number of allylic oxidation sites excluding steroid dienone is 4. The molecule has 0 amide bonds. The van der Waals surface area contributed by atoms with Crippen LogP contribution in [0.1, 0.15) is 64.1 Å². The normalized spacial score (nSPS) is 25.1. The third-order valence-corrected chi connectivity index (χ3v) is 7.37. The van der Waals surface area contributed by atoms with E-state index in [2.05, 4.69) is 50.9 Å². The van der Waals surface area contributed by atoms with E-state index in [1.54, 1.807) is 7.11 Å². The molecule has 0 unspecified atom stereocenters. The zero-order valence-corrected chi connectivity index (χ0v) is 19.7. The summed E-state index contributed by atoms with van der Waals surface area (Å²) >= 11 is 0. The first kappa shape index (κ1) is 21.9. The van der Waals surface area contributed by atoms with Gasteiger partial charge in [0, 0.05) is 30.5 Å². The van der Waals surface area contributed by atoms with Crippen LogP contribution in [0.2, 0.25) is 0 Å². The number of methoxy groups -OCH3 is 1. The second kappa shape index (κ2) is 8.34. The molecule has 0 bridgehead atoms. The Bertz CT molecular complexity index is 943. The van der Waals surface area contributed by atoms with Crippen molar-refractivity contribution in [3.8, 4) is 17.2 Å². The van der Waals surface area contributed by atoms with Gasteiger partial charge in [-0.05, 0) is 62.8 Å². The van der Waals surface area contributed by atoms with E-state index in [1.165, 1.54) is 11.1 Å². The minimum absolute atomic E-state index is 0.0416. The highest BCUT2D eigenvalue weighted by Gasteiger charge is 2.36. The number of nitrogens with zero attached hydrogens (tertiary/aromatic N) is 1.